The Labute approximate surface area is 196 Å². The highest BCUT2D eigenvalue weighted by molar-refractivity contribution is 6.04. The minimum absolute atomic E-state index is 0.0208. The number of ketones is 1. The van der Waals surface area contributed by atoms with Gasteiger partial charge in [-0.3, -0.25) is 14.4 Å². The number of hydrogen-bond acceptors (Lipinski definition) is 5. The SMILES string of the molecule is CC(=O)c1ccccc1-c1ccc2c(c1)C[C@H](CNC(=O)c1nn(C)c(=O)c3ccccc13)O2. The van der Waals surface area contributed by atoms with E-state index in [4.69, 9.17) is 4.74 Å². The summed E-state index contributed by atoms with van der Waals surface area (Å²) in [6.07, 6.45) is 0.406. The summed E-state index contributed by atoms with van der Waals surface area (Å²) in [6, 6.07) is 20.4. The second-order valence-electron chi connectivity index (χ2n) is 8.40. The number of benzene rings is 3. The Morgan fingerprint density at radius 3 is 2.59 bits per heavy atom. The van der Waals surface area contributed by atoms with Crippen molar-refractivity contribution in [3.63, 3.8) is 0 Å². The van der Waals surface area contributed by atoms with Gasteiger partial charge in [-0.2, -0.15) is 5.10 Å². The molecule has 1 amide bonds. The number of nitrogens with one attached hydrogen (secondary N) is 1. The molecule has 0 aliphatic carbocycles. The van der Waals surface area contributed by atoms with Crippen LogP contribution in [0.1, 0.15) is 33.3 Å². The van der Waals surface area contributed by atoms with Gasteiger partial charge in [0.2, 0.25) is 0 Å². The average molecular weight is 453 g/mol. The summed E-state index contributed by atoms with van der Waals surface area (Å²) >= 11 is 0. The summed E-state index contributed by atoms with van der Waals surface area (Å²) in [5, 5.41) is 8.05. The number of fused-ring (bicyclic) bond motifs is 2. The summed E-state index contributed by atoms with van der Waals surface area (Å²) in [5.41, 5.74) is 3.52. The molecule has 3 aromatic carbocycles. The first-order valence-electron chi connectivity index (χ1n) is 11.1. The number of nitrogens with zero attached hydrogens (tertiary/aromatic N) is 2. The maximum absolute atomic E-state index is 12.9. The van der Waals surface area contributed by atoms with E-state index in [0.29, 0.717) is 29.3 Å². The Bertz CT molecular complexity index is 1510. The van der Waals surface area contributed by atoms with E-state index in [1.807, 2.05) is 42.5 Å². The lowest BCUT2D eigenvalue weighted by Gasteiger charge is -2.13. The molecule has 0 radical (unpaired) electrons. The highest BCUT2D eigenvalue weighted by Crippen LogP contribution is 2.34. The predicted octanol–water partition coefficient (Wildman–Crippen LogP) is 3.54. The van der Waals surface area contributed by atoms with Gasteiger partial charge in [-0.15, -0.1) is 0 Å². The molecule has 34 heavy (non-hydrogen) atoms. The zero-order valence-corrected chi connectivity index (χ0v) is 18.9. The van der Waals surface area contributed by atoms with Gasteiger partial charge in [0.25, 0.3) is 11.5 Å². The number of carbonyl (C=O) groups is 2. The van der Waals surface area contributed by atoms with Crippen molar-refractivity contribution in [1.82, 2.24) is 15.1 Å². The molecule has 4 aromatic rings. The van der Waals surface area contributed by atoms with Crippen molar-refractivity contribution in [2.45, 2.75) is 19.4 Å². The minimum Gasteiger partial charge on any atom is -0.488 e. The third-order valence-corrected chi connectivity index (χ3v) is 6.08. The number of carbonyl (C=O) groups excluding carboxylic acids is 2. The summed E-state index contributed by atoms with van der Waals surface area (Å²) in [4.78, 5) is 37.3. The van der Waals surface area contributed by atoms with E-state index in [2.05, 4.69) is 10.4 Å². The van der Waals surface area contributed by atoms with Crippen LogP contribution in [0.4, 0.5) is 0 Å². The van der Waals surface area contributed by atoms with Gasteiger partial charge in [0.05, 0.1) is 11.9 Å². The molecular weight excluding hydrogens is 430 g/mol. The third-order valence-electron chi connectivity index (χ3n) is 6.08. The molecule has 0 fully saturated rings. The van der Waals surface area contributed by atoms with Crippen LogP contribution in [0.2, 0.25) is 0 Å². The maximum Gasteiger partial charge on any atom is 0.274 e. The average Bonchev–Trinajstić information content (AvgIpc) is 3.27. The summed E-state index contributed by atoms with van der Waals surface area (Å²) in [5.74, 6) is 0.434. The molecule has 1 aromatic heterocycles. The molecule has 1 atom stereocenters. The molecule has 2 heterocycles. The predicted molar refractivity (Wildman–Crippen MR) is 129 cm³/mol. The number of aromatic nitrogens is 2. The lowest BCUT2D eigenvalue weighted by atomic mass is 9.95. The number of aryl methyl sites for hydroxylation is 1. The molecule has 0 saturated carbocycles. The normalized spacial score (nSPS) is 14.5. The van der Waals surface area contributed by atoms with Gasteiger partial charge in [0.1, 0.15) is 11.9 Å². The molecule has 5 rings (SSSR count). The molecule has 7 nitrogen and oxygen atoms in total. The summed E-state index contributed by atoms with van der Waals surface area (Å²) in [6.45, 7) is 1.86. The van der Waals surface area contributed by atoms with Crippen LogP contribution in [0.3, 0.4) is 0 Å². The van der Waals surface area contributed by atoms with E-state index in [1.165, 1.54) is 11.7 Å². The van der Waals surface area contributed by atoms with Crippen molar-refractivity contribution in [2.24, 2.45) is 7.05 Å². The molecule has 0 bridgehead atoms. The van der Waals surface area contributed by atoms with Crippen LogP contribution >= 0.6 is 0 Å². The molecule has 0 unspecified atom stereocenters. The number of hydrogen-bond donors (Lipinski definition) is 1. The van der Waals surface area contributed by atoms with Crippen molar-refractivity contribution < 1.29 is 14.3 Å². The maximum atomic E-state index is 12.9. The molecular formula is C27H23N3O4. The number of Topliss-reactive ketones (excluding diaryl/α,β-unsaturated/α-hetero) is 1. The van der Waals surface area contributed by atoms with E-state index in [1.54, 1.807) is 31.2 Å². The monoisotopic (exact) mass is 453 g/mol. The molecule has 170 valence electrons. The smallest absolute Gasteiger partial charge is 0.274 e. The Hall–Kier alpha value is -4.26. The largest absolute Gasteiger partial charge is 0.488 e. The first-order valence-corrected chi connectivity index (χ1v) is 11.1. The van der Waals surface area contributed by atoms with Crippen molar-refractivity contribution in [2.75, 3.05) is 6.54 Å². The Balaban J connectivity index is 1.32. The van der Waals surface area contributed by atoms with Gasteiger partial charge in [-0.05, 0) is 41.8 Å². The van der Waals surface area contributed by atoms with Crippen LogP contribution in [0.25, 0.3) is 21.9 Å². The first-order chi connectivity index (χ1) is 16.4. The fourth-order valence-corrected chi connectivity index (χ4v) is 4.40. The lowest BCUT2D eigenvalue weighted by Crippen LogP contribution is -2.36. The summed E-state index contributed by atoms with van der Waals surface area (Å²) in [7, 11) is 1.53. The van der Waals surface area contributed by atoms with Gasteiger partial charge in [0.15, 0.2) is 11.5 Å². The fourth-order valence-electron chi connectivity index (χ4n) is 4.40. The van der Waals surface area contributed by atoms with E-state index < -0.39 is 0 Å². The molecule has 0 saturated heterocycles. The second-order valence-corrected chi connectivity index (χ2v) is 8.40. The molecule has 1 N–H and O–H groups in total. The van der Waals surface area contributed by atoms with Crippen molar-refractivity contribution in [1.29, 1.82) is 0 Å². The highest BCUT2D eigenvalue weighted by atomic mass is 16.5. The summed E-state index contributed by atoms with van der Waals surface area (Å²) < 4.78 is 7.21. The fraction of sp³-hybridized carbons (Fsp3) is 0.185. The zero-order chi connectivity index (χ0) is 23.8. The van der Waals surface area contributed by atoms with Gasteiger partial charge < -0.3 is 10.1 Å². The van der Waals surface area contributed by atoms with Gasteiger partial charge >= 0.3 is 0 Å². The van der Waals surface area contributed by atoms with Gasteiger partial charge in [-0.25, -0.2) is 4.68 Å². The Kier molecular flexibility index (Phi) is 5.45. The highest BCUT2D eigenvalue weighted by Gasteiger charge is 2.25. The lowest BCUT2D eigenvalue weighted by molar-refractivity contribution is 0.0927. The van der Waals surface area contributed by atoms with Crippen LogP contribution in [0.15, 0.2) is 71.5 Å². The Morgan fingerprint density at radius 1 is 1.06 bits per heavy atom. The van der Waals surface area contributed by atoms with Crippen LogP contribution < -0.4 is 15.6 Å². The standard InChI is InChI=1S/C27H23N3O4/c1-16(31)20-7-3-4-8-21(20)17-11-12-24-18(13-17)14-19(34-24)15-28-26(32)25-22-9-5-6-10-23(22)27(33)30(2)29-25/h3-13,19H,14-15H2,1-2H3,(H,28,32)/t19-/m1/s1. The van der Waals surface area contributed by atoms with Crippen LogP contribution in [-0.2, 0) is 13.5 Å². The zero-order valence-electron chi connectivity index (χ0n) is 18.9. The van der Waals surface area contributed by atoms with Crippen molar-refractivity contribution in [3.05, 3.63) is 93.9 Å². The molecule has 1 aliphatic heterocycles. The van der Waals surface area contributed by atoms with Gasteiger partial charge in [-0.1, -0.05) is 48.5 Å². The third kappa shape index (κ3) is 3.85. The van der Waals surface area contributed by atoms with Crippen molar-refractivity contribution >= 4 is 22.5 Å². The Morgan fingerprint density at radius 2 is 1.79 bits per heavy atom. The molecule has 0 spiro atoms. The second kappa shape index (κ2) is 8.59. The van der Waals surface area contributed by atoms with E-state index in [0.717, 1.165) is 22.4 Å². The quantitative estimate of drug-likeness (QED) is 0.467. The first kappa shape index (κ1) is 21.6. The van der Waals surface area contributed by atoms with Crippen molar-refractivity contribution in [3.8, 4) is 16.9 Å². The van der Waals surface area contributed by atoms with E-state index in [9.17, 15) is 14.4 Å². The molecule has 7 heteroatoms. The van der Waals surface area contributed by atoms with Crippen LogP contribution in [0, 0.1) is 0 Å². The number of rotatable bonds is 5. The number of ether oxygens (including phenoxy) is 1. The van der Waals surface area contributed by atoms with E-state index in [-0.39, 0.29) is 29.0 Å². The van der Waals surface area contributed by atoms with Crippen LogP contribution in [0.5, 0.6) is 5.75 Å². The van der Waals surface area contributed by atoms with E-state index >= 15 is 0 Å². The molecule has 1 aliphatic rings. The van der Waals surface area contributed by atoms with Gasteiger partial charge in [0, 0.05) is 24.4 Å². The topological polar surface area (TPSA) is 90.3 Å². The van der Waals surface area contributed by atoms with Crippen LogP contribution in [-0.4, -0.2) is 34.1 Å². The number of amides is 1. The minimum atomic E-state index is -0.359.